The van der Waals surface area contributed by atoms with Gasteiger partial charge in [0.25, 0.3) is 0 Å². The van der Waals surface area contributed by atoms with E-state index in [-0.39, 0.29) is 0 Å². The lowest BCUT2D eigenvalue weighted by Crippen LogP contribution is -2.21. The van der Waals surface area contributed by atoms with Crippen LogP contribution in [0.5, 0.6) is 0 Å². The predicted molar refractivity (Wildman–Crippen MR) is 109 cm³/mol. The van der Waals surface area contributed by atoms with Gasteiger partial charge in [-0.3, -0.25) is 0 Å². The Morgan fingerprint density at radius 3 is 2.46 bits per heavy atom. The van der Waals surface area contributed by atoms with Gasteiger partial charge in [-0.2, -0.15) is 0 Å². The Morgan fingerprint density at radius 2 is 1.88 bits per heavy atom. The molecule has 0 aliphatic carbocycles. The Kier molecular flexibility index (Phi) is 7.67. The first-order valence-corrected chi connectivity index (χ1v) is 12.4. The molecule has 1 aromatic rings. The lowest BCUT2D eigenvalue weighted by Gasteiger charge is -2.14. The van der Waals surface area contributed by atoms with Gasteiger partial charge in [0.1, 0.15) is 6.61 Å². The molecule has 0 aliphatic heterocycles. The topological polar surface area (TPSA) is 37.2 Å². The summed E-state index contributed by atoms with van der Waals surface area (Å²) in [7, 11) is 0.951. The van der Waals surface area contributed by atoms with Crippen LogP contribution in [0, 0.1) is 13.8 Å². The molecule has 0 heterocycles. The van der Waals surface area contributed by atoms with Crippen molar-refractivity contribution in [2.45, 2.75) is 53.4 Å². The van der Waals surface area contributed by atoms with Crippen LogP contribution >= 0.6 is 0 Å². The molecule has 0 N–H and O–H groups in total. The van der Waals surface area contributed by atoms with Crippen molar-refractivity contribution in [2.24, 2.45) is 10.1 Å². The smallest absolute Gasteiger partial charge is 0.114 e. The van der Waals surface area contributed by atoms with Gasteiger partial charge >= 0.3 is 0 Å². The number of rotatable bonds is 8. The van der Waals surface area contributed by atoms with E-state index in [4.69, 9.17) is 4.84 Å². The van der Waals surface area contributed by atoms with Crippen LogP contribution in [-0.2, 0) is 4.84 Å². The molecule has 24 heavy (non-hydrogen) atoms. The SMILES string of the molecule is CCN(C)C=Nc1cc(C)c(C(C)=NOCC[Si](C)(C)C)cc1C. The second-order valence-electron chi connectivity index (χ2n) is 7.59. The third-order valence-corrected chi connectivity index (χ3v) is 5.67. The Morgan fingerprint density at radius 1 is 1.21 bits per heavy atom. The standard InChI is InChI=1S/C19H33N3OSi/c1-9-22(5)14-20-19-13-15(2)18(12-16(19)3)17(4)21-23-10-11-24(6,7)8/h12-14H,9-11H2,1-8H3. The maximum absolute atomic E-state index is 5.53. The fraction of sp³-hybridized carbons (Fsp3) is 0.579. The van der Waals surface area contributed by atoms with Gasteiger partial charge in [-0.1, -0.05) is 24.8 Å². The van der Waals surface area contributed by atoms with Crippen molar-refractivity contribution in [1.82, 2.24) is 4.90 Å². The van der Waals surface area contributed by atoms with Crippen LogP contribution in [0.1, 0.15) is 30.5 Å². The van der Waals surface area contributed by atoms with Crippen LogP contribution in [0.15, 0.2) is 22.3 Å². The first-order chi connectivity index (χ1) is 11.1. The molecular weight excluding hydrogens is 314 g/mol. The minimum atomic E-state index is -1.07. The first-order valence-electron chi connectivity index (χ1n) is 8.66. The minimum Gasteiger partial charge on any atom is -0.396 e. The fourth-order valence-corrected chi connectivity index (χ4v) is 2.82. The van der Waals surface area contributed by atoms with E-state index >= 15 is 0 Å². The molecule has 0 spiro atoms. The number of oxime groups is 1. The van der Waals surface area contributed by atoms with Gasteiger partial charge in [0.05, 0.1) is 17.7 Å². The number of benzene rings is 1. The highest BCUT2D eigenvalue weighted by Gasteiger charge is 2.12. The molecule has 5 heteroatoms. The zero-order valence-electron chi connectivity index (χ0n) is 16.6. The summed E-state index contributed by atoms with van der Waals surface area (Å²) in [6.07, 6.45) is 1.88. The maximum Gasteiger partial charge on any atom is 0.114 e. The summed E-state index contributed by atoms with van der Waals surface area (Å²) in [5.74, 6) is 0. The molecule has 0 atom stereocenters. The molecule has 1 rings (SSSR count). The van der Waals surface area contributed by atoms with E-state index < -0.39 is 8.07 Å². The van der Waals surface area contributed by atoms with E-state index in [9.17, 15) is 0 Å². The van der Waals surface area contributed by atoms with Crippen molar-refractivity contribution in [3.63, 3.8) is 0 Å². The van der Waals surface area contributed by atoms with Crippen LogP contribution in [0.2, 0.25) is 25.7 Å². The predicted octanol–water partition coefficient (Wildman–Crippen LogP) is 4.99. The number of nitrogens with zero attached hydrogens (tertiary/aromatic N) is 3. The second kappa shape index (κ2) is 9.02. The van der Waals surface area contributed by atoms with Gasteiger partial charge in [0, 0.05) is 27.2 Å². The van der Waals surface area contributed by atoms with Crippen molar-refractivity contribution in [3.05, 3.63) is 28.8 Å². The summed E-state index contributed by atoms with van der Waals surface area (Å²) in [6.45, 7) is 17.0. The average Bonchev–Trinajstić information content (AvgIpc) is 2.50. The van der Waals surface area contributed by atoms with Crippen molar-refractivity contribution in [3.8, 4) is 0 Å². The number of aryl methyl sites for hydroxylation is 2. The van der Waals surface area contributed by atoms with Gasteiger partial charge in [0.15, 0.2) is 0 Å². The highest BCUT2D eigenvalue weighted by Crippen LogP contribution is 2.24. The molecule has 0 saturated heterocycles. The zero-order chi connectivity index (χ0) is 18.3. The van der Waals surface area contributed by atoms with Gasteiger partial charge in [0.2, 0.25) is 0 Å². The van der Waals surface area contributed by atoms with E-state index in [0.29, 0.717) is 6.61 Å². The molecule has 0 saturated carbocycles. The van der Waals surface area contributed by atoms with Crippen molar-refractivity contribution < 1.29 is 4.84 Å². The monoisotopic (exact) mass is 347 g/mol. The van der Waals surface area contributed by atoms with Gasteiger partial charge in [-0.05, 0) is 57.0 Å². The van der Waals surface area contributed by atoms with Crippen molar-refractivity contribution in [1.29, 1.82) is 0 Å². The largest absolute Gasteiger partial charge is 0.396 e. The van der Waals surface area contributed by atoms with E-state index in [2.05, 4.69) is 67.6 Å². The van der Waals surface area contributed by atoms with Crippen molar-refractivity contribution >= 4 is 25.8 Å². The number of hydrogen-bond acceptors (Lipinski definition) is 3. The molecule has 4 nitrogen and oxygen atoms in total. The second-order valence-corrected chi connectivity index (χ2v) is 13.2. The van der Waals surface area contributed by atoms with E-state index in [1.807, 2.05) is 20.3 Å². The van der Waals surface area contributed by atoms with Crippen LogP contribution in [-0.4, -0.2) is 45.2 Å². The Hall–Kier alpha value is -1.62. The van der Waals surface area contributed by atoms with Crippen LogP contribution in [0.4, 0.5) is 5.69 Å². The van der Waals surface area contributed by atoms with Crippen LogP contribution in [0.25, 0.3) is 0 Å². The molecule has 1 aromatic carbocycles. The molecule has 0 radical (unpaired) electrons. The highest BCUT2D eigenvalue weighted by molar-refractivity contribution is 6.76. The van der Waals surface area contributed by atoms with Gasteiger partial charge < -0.3 is 9.74 Å². The van der Waals surface area contributed by atoms with Gasteiger partial charge in [-0.25, -0.2) is 4.99 Å². The summed E-state index contributed by atoms with van der Waals surface area (Å²) in [6, 6.07) is 5.39. The molecular formula is C19H33N3OSi. The fourth-order valence-electron chi connectivity index (χ4n) is 2.12. The van der Waals surface area contributed by atoms with E-state index in [1.54, 1.807) is 0 Å². The Bertz CT molecular complexity index is 603. The molecule has 0 aromatic heterocycles. The van der Waals surface area contributed by atoms with Crippen molar-refractivity contribution in [2.75, 3.05) is 20.2 Å². The maximum atomic E-state index is 5.53. The van der Waals surface area contributed by atoms with E-state index in [1.165, 1.54) is 5.56 Å². The van der Waals surface area contributed by atoms with E-state index in [0.717, 1.165) is 35.1 Å². The third-order valence-electron chi connectivity index (χ3n) is 3.97. The van der Waals surface area contributed by atoms with Crippen LogP contribution < -0.4 is 0 Å². The average molecular weight is 348 g/mol. The Labute approximate surface area is 148 Å². The summed E-state index contributed by atoms with van der Waals surface area (Å²) in [5.41, 5.74) is 5.37. The summed E-state index contributed by atoms with van der Waals surface area (Å²) in [4.78, 5) is 12.2. The minimum absolute atomic E-state index is 0.705. The molecule has 0 amide bonds. The zero-order valence-corrected chi connectivity index (χ0v) is 17.6. The summed E-state index contributed by atoms with van der Waals surface area (Å²) in [5, 5.41) is 4.31. The number of aliphatic imine (C=N–C) groups is 1. The highest BCUT2D eigenvalue weighted by atomic mass is 28.3. The normalized spacial score (nSPS) is 12.8. The quantitative estimate of drug-likeness (QED) is 0.218. The first kappa shape index (κ1) is 20.4. The van der Waals surface area contributed by atoms with Crippen LogP contribution in [0.3, 0.4) is 0 Å². The summed E-state index contributed by atoms with van der Waals surface area (Å²) >= 11 is 0. The number of hydrogen-bond donors (Lipinski definition) is 0. The molecule has 0 aliphatic rings. The molecule has 0 unspecified atom stereocenters. The Balaban J connectivity index is 2.85. The summed E-state index contributed by atoms with van der Waals surface area (Å²) < 4.78 is 0. The third kappa shape index (κ3) is 6.87. The molecule has 0 fully saturated rings. The lowest BCUT2D eigenvalue weighted by molar-refractivity contribution is 0.158. The lowest BCUT2D eigenvalue weighted by atomic mass is 10.0. The van der Waals surface area contributed by atoms with Gasteiger partial charge in [-0.15, -0.1) is 0 Å². The molecule has 134 valence electrons. The molecule has 0 bridgehead atoms.